The van der Waals surface area contributed by atoms with E-state index in [-0.39, 0.29) is 11.5 Å². The molecule has 0 bridgehead atoms. The third kappa shape index (κ3) is 3.06. The summed E-state index contributed by atoms with van der Waals surface area (Å²) in [4.78, 5) is 20.0. The third-order valence-electron chi connectivity index (χ3n) is 5.33. The van der Waals surface area contributed by atoms with E-state index in [1.807, 2.05) is 0 Å². The van der Waals surface area contributed by atoms with Gasteiger partial charge in [0.1, 0.15) is 5.82 Å². The summed E-state index contributed by atoms with van der Waals surface area (Å²) in [5, 5.41) is 9.57. The summed E-state index contributed by atoms with van der Waals surface area (Å²) in [6.07, 6.45) is 2.18. The zero-order valence-corrected chi connectivity index (χ0v) is 14.4. The molecule has 1 aromatic carbocycles. The molecular formula is C19H22N4O2. The van der Waals surface area contributed by atoms with Crippen LogP contribution in [0.4, 0.5) is 0 Å². The number of nitrogens with zero attached hydrogens (tertiary/aromatic N) is 4. The molecule has 1 atom stereocenters. The van der Waals surface area contributed by atoms with Crippen molar-refractivity contribution in [3.05, 3.63) is 39.9 Å². The van der Waals surface area contributed by atoms with Gasteiger partial charge in [0.05, 0.1) is 35.7 Å². The number of hydrogen-bond acceptors (Lipinski definition) is 5. The van der Waals surface area contributed by atoms with E-state index in [4.69, 9.17) is 15.0 Å². The Balaban J connectivity index is 1.65. The van der Waals surface area contributed by atoms with Crippen LogP contribution in [-0.4, -0.2) is 47.3 Å². The Morgan fingerprint density at radius 3 is 2.96 bits per heavy atom. The maximum Gasteiger partial charge on any atom is 0.261 e. The molecule has 6 heteroatoms. The van der Waals surface area contributed by atoms with Crippen LogP contribution < -0.4 is 5.56 Å². The fourth-order valence-corrected chi connectivity index (χ4v) is 3.91. The molecule has 0 saturated carbocycles. The van der Waals surface area contributed by atoms with Crippen LogP contribution in [0.5, 0.6) is 0 Å². The van der Waals surface area contributed by atoms with Gasteiger partial charge in [-0.15, -0.1) is 0 Å². The van der Waals surface area contributed by atoms with Crippen LogP contribution in [-0.2, 0) is 11.8 Å². The number of nitriles is 1. The Morgan fingerprint density at radius 1 is 1.40 bits per heavy atom. The van der Waals surface area contributed by atoms with Crippen molar-refractivity contribution in [1.29, 1.82) is 5.26 Å². The summed E-state index contributed by atoms with van der Waals surface area (Å²) in [5.41, 5.74) is 1.11. The summed E-state index contributed by atoms with van der Waals surface area (Å²) >= 11 is 0. The van der Waals surface area contributed by atoms with Crippen LogP contribution in [0.1, 0.15) is 30.1 Å². The highest BCUT2D eigenvalue weighted by Crippen LogP contribution is 2.27. The number of ether oxygens (including phenoxy) is 1. The molecule has 2 fully saturated rings. The number of fused-ring (bicyclic) bond motifs is 1. The van der Waals surface area contributed by atoms with Gasteiger partial charge in [0, 0.05) is 32.0 Å². The average molecular weight is 338 g/mol. The molecule has 1 aromatic heterocycles. The van der Waals surface area contributed by atoms with E-state index in [1.165, 1.54) is 0 Å². The minimum atomic E-state index is -0.0679. The van der Waals surface area contributed by atoms with Crippen molar-refractivity contribution in [3.63, 3.8) is 0 Å². The van der Waals surface area contributed by atoms with E-state index in [0.29, 0.717) is 22.4 Å². The van der Waals surface area contributed by atoms with Crippen LogP contribution in [0.15, 0.2) is 23.0 Å². The quantitative estimate of drug-likeness (QED) is 0.851. The van der Waals surface area contributed by atoms with Crippen molar-refractivity contribution in [1.82, 2.24) is 14.5 Å². The molecule has 0 radical (unpaired) electrons. The minimum Gasteiger partial charge on any atom is -0.381 e. The SMILES string of the molecule is Cn1c([C@@H]2CCCN(CC3COC3)C2)nc2ccc(C#N)cc2c1=O. The molecule has 2 aliphatic rings. The monoisotopic (exact) mass is 338 g/mol. The molecule has 130 valence electrons. The number of aromatic nitrogens is 2. The molecule has 0 spiro atoms. The van der Waals surface area contributed by atoms with Crippen LogP contribution in [0.2, 0.25) is 0 Å². The normalized spacial score (nSPS) is 21.8. The van der Waals surface area contributed by atoms with Crippen LogP contribution >= 0.6 is 0 Å². The highest BCUT2D eigenvalue weighted by atomic mass is 16.5. The molecule has 2 saturated heterocycles. The summed E-state index contributed by atoms with van der Waals surface area (Å²) in [6.45, 7) is 4.87. The standard InChI is InChI=1S/C19H22N4O2/c1-22-18(15-3-2-6-23(10-15)9-14-11-25-12-14)21-17-5-4-13(8-20)7-16(17)19(22)24/h4-5,7,14-15H,2-3,6,9-12H2,1H3/t15-/m1/s1. The van der Waals surface area contributed by atoms with Crippen molar-refractivity contribution >= 4 is 10.9 Å². The fourth-order valence-electron chi connectivity index (χ4n) is 3.91. The third-order valence-corrected chi connectivity index (χ3v) is 5.33. The molecule has 0 amide bonds. The summed E-state index contributed by atoms with van der Waals surface area (Å²) < 4.78 is 6.95. The maximum absolute atomic E-state index is 12.8. The van der Waals surface area contributed by atoms with Crippen molar-refractivity contribution in [2.45, 2.75) is 18.8 Å². The lowest BCUT2D eigenvalue weighted by molar-refractivity contribution is -0.0492. The molecule has 2 aromatic rings. The highest BCUT2D eigenvalue weighted by molar-refractivity contribution is 5.79. The number of piperidine rings is 1. The molecular weight excluding hydrogens is 316 g/mol. The van der Waals surface area contributed by atoms with Gasteiger partial charge in [-0.25, -0.2) is 4.98 Å². The second kappa shape index (κ2) is 6.58. The zero-order chi connectivity index (χ0) is 17.4. The van der Waals surface area contributed by atoms with E-state index < -0.39 is 0 Å². The second-order valence-electron chi connectivity index (χ2n) is 7.18. The first-order valence-electron chi connectivity index (χ1n) is 8.86. The van der Waals surface area contributed by atoms with E-state index >= 15 is 0 Å². The van der Waals surface area contributed by atoms with Crippen molar-refractivity contribution in [2.75, 3.05) is 32.8 Å². The largest absolute Gasteiger partial charge is 0.381 e. The summed E-state index contributed by atoms with van der Waals surface area (Å²) in [5.74, 6) is 1.78. The molecule has 0 aliphatic carbocycles. The van der Waals surface area contributed by atoms with Gasteiger partial charge in [0.15, 0.2) is 0 Å². The Morgan fingerprint density at radius 2 is 2.24 bits per heavy atom. The minimum absolute atomic E-state index is 0.0679. The fraction of sp³-hybridized carbons (Fsp3) is 0.526. The number of benzene rings is 1. The van der Waals surface area contributed by atoms with E-state index in [1.54, 1.807) is 29.8 Å². The van der Waals surface area contributed by atoms with E-state index in [9.17, 15) is 4.79 Å². The molecule has 3 heterocycles. The predicted molar refractivity (Wildman–Crippen MR) is 94.4 cm³/mol. The second-order valence-corrected chi connectivity index (χ2v) is 7.18. The number of likely N-dealkylation sites (tertiary alicyclic amines) is 1. The Labute approximate surface area is 146 Å². The van der Waals surface area contributed by atoms with Gasteiger partial charge in [-0.2, -0.15) is 5.26 Å². The van der Waals surface area contributed by atoms with Gasteiger partial charge in [-0.1, -0.05) is 0 Å². The molecule has 0 N–H and O–H groups in total. The van der Waals surface area contributed by atoms with Gasteiger partial charge in [0.2, 0.25) is 0 Å². The van der Waals surface area contributed by atoms with E-state index in [2.05, 4.69) is 11.0 Å². The summed E-state index contributed by atoms with van der Waals surface area (Å²) in [7, 11) is 1.79. The van der Waals surface area contributed by atoms with Crippen molar-refractivity contribution < 1.29 is 4.74 Å². The van der Waals surface area contributed by atoms with Crippen molar-refractivity contribution in [3.8, 4) is 6.07 Å². The maximum atomic E-state index is 12.8. The Bertz CT molecular complexity index is 895. The zero-order valence-electron chi connectivity index (χ0n) is 14.4. The van der Waals surface area contributed by atoms with Crippen LogP contribution in [0, 0.1) is 17.2 Å². The predicted octanol–water partition coefficient (Wildman–Crippen LogP) is 1.63. The van der Waals surface area contributed by atoms with Crippen LogP contribution in [0.3, 0.4) is 0 Å². The first-order chi connectivity index (χ1) is 12.2. The van der Waals surface area contributed by atoms with Gasteiger partial charge in [0.25, 0.3) is 5.56 Å². The number of hydrogen-bond donors (Lipinski definition) is 0. The highest BCUT2D eigenvalue weighted by Gasteiger charge is 2.28. The van der Waals surface area contributed by atoms with Gasteiger partial charge < -0.3 is 9.64 Å². The van der Waals surface area contributed by atoms with E-state index in [0.717, 1.165) is 51.5 Å². The van der Waals surface area contributed by atoms with Gasteiger partial charge in [-0.3, -0.25) is 9.36 Å². The smallest absolute Gasteiger partial charge is 0.261 e. The first kappa shape index (κ1) is 16.2. The summed E-state index contributed by atoms with van der Waals surface area (Å²) in [6, 6.07) is 7.23. The first-order valence-corrected chi connectivity index (χ1v) is 8.86. The lowest BCUT2D eigenvalue weighted by atomic mass is 9.95. The molecule has 0 unspecified atom stereocenters. The molecule has 4 rings (SSSR count). The van der Waals surface area contributed by atoms with Gasteiger partial charge >= 0.3 is 0 Å². The average Bonchev–Trinajstić information content (AvgIpc) is 2.61. The molecule has 25 heavy (non-hydrogen) atoms. The van der Waals surface area contributed by atoms with Crippen molar-refractivity contribution in [2.24, 2.45) is 13.0 Å². The molecule has 6 nitrogen and oxygen atoms in total. The lowest BCUT2D eigenvalue weighted by Crippen LogP contribution is -2.44. The lowest BCUT2D eigenvalue weighted by Gasteiger charge is -2.37. The van der Waals surface area contributed by atoms with Gasteiger partial charge in [-0.05, 0) is 37.6 Å². The number of rotatable bonds is 3. The molecule has 2 aliphatic heterocycles. The van der Waals surface area contributed by atoms with Crippen LogP contribution in [0.25, 0.3) is 10.9 Å². The topological polar surface area (TPSA) is 71.2 Å². The Kier molecular flexibility index (Phi) is 4.28. The Hall–Kier alpha value is -2.23.